The first kappa shape index (κ1) is 15.4. The van der Waals surface area contributed by atoms with Crippen molar-refractivity contribution in [2.45, 2.75) is 32.7 Å². The van der Waals surface area contributed by atoms with Crippen LogP contribution in [0.25, 0.3) is 0 Å². The molecule has 0 bridgehead atoms. The molecule has 1 aromatic rings. The summed E-state index contributed by atoms with van der Waals surface area (Å²) in [5, 5.41) is 2.85. The molecular weight excluding hydrogens is 272 g/mol. The first-order valence-electron chi connectivity index (χ1n) is 6.95. The van der Waals surface area contributed by atoms with E-state index in [1.807, 2.05) is 26.8 Å². The monoisotopic (exact) mass is 294 g/mol. The van der Waals surface area contributed by atoms with Crippen molar-refractivity contribution in [2.24, 2.45) is 5.73 Å². The highest BCUT2D eigenvalue weighted by atomic mass is 16.7. The maximum Gasteiger partial charge on any atom is 0.258 e. The maximum absolute atomic E-state index is 11.8. The largest absolute Gasteiger partial charge is 0.483 e. The molecule has 0 radical (unpaired) electrons. The second-order valence-corrected chi connectivity index (χ2v) is 5.94. The lowest BCUT2D eigenvalue weighted by atomic mass is 10.1. The Kier molecular flexibility index (Phi) is 4.57. The van der Waals surface area contributed by atoms with Crippen molar-refractivity contribution >= 4 is 5.91 Å². The van der Waals surface area contributed by atoms with Gasteiger partial charge in [-0.1, -0.05) is 0 Å². The quantitative estimate of drug-likeness (QED) is 0.853. The Hall–Kier alpha value is -1.95. The number of fused-ring (bicyclic) bond motifs is 1. The molecule has 1 aliphatic rings. The fourth-order valence-corrected chi connectivity index (χ4v) is 2.05. The summed E-state index contributed by atoms with van der Waals surface area (Å²) in [5.74, 6) is 1.75. The van der Waals surface area contributed by atoms with Gasteiger partial charge in [0.15, 0.2) is 18.1 Å². The van der Waals surface area contributed by atoms with Gasteiger partial charge in [0, 0.05) is 11.6 Å². The van der Waals surface area contributed by atoms with E-state index in [1.54, 1.807) is 6.07 Å². The van der Waals surface area contributed by atoms with Crippen LogP contribution in [0.5, 0.6) is 17.2 Å². The molecule has 1 aliphatic heterocycles. The van der Waals surface area contributed by atoms with Crippen LogP contribution in [-0.2, 0) is 11.2 Å². The zero-order valence-corrected chi connectivity index (χ0v) is 12.7. The van der Waals surface area contributed by atoms with Crippen molar-refractivity contribution in [3.63, 3.8) is 0 Å². The number of hydrogen-bond donors (Lipinski definition) is 2. The predicted octanol–water partition coefficient (Wildman–Crippen LogP) is 1.21. The summed E-state index contributed by atoms with van der Waals surface area (Å²) >= 11 is 0. The third-order valence-electron chi connectivity index (χ3n) is 2.84. The Morgan fingerprint density at radius 3 is 2.62 bits per heavy atom. The molecule has 0 aromatic heterocycles. The van der Waals surface area contributed by atoms with E-state index in [2.05, 4.69) is 5.32 Å². The molecule has 6 nitrogen and oxygen atoms in total. The Balaban J connectivity index is 2.06. The van der Waals surface area contributed by atoms with Gasteiger partial charge < -0.3 is 25.3 Å². The van der Waals surface area contributed by atoms with Gasteiger partial charge in [0.2, 0.25) is 6.79 Å². The van der Waals surface area contributed by atoms with E-state index in [9.17, 15) is 4.79 Å². The molecule has 1 heterocycles. The summed E-state index contributed by atoms with van der Waals surface area (Å²) in [6.07, 6.45) is 0.646. The van der Waals surface area contributed by atoms with Crippen molar-refractivity contribution in [1.82, 2.24) is 5.32 Å². The van der Waals surface area contributed by atoms with Crippen LogP contribution in [0.4, 0.5) is 0 Å². The molecule has 0 saturated heterocycles. The Morgan fingerprint density at radius 1 is 1.33 bits per heavy atom. The zero-order chi connectivity index (χ0) is 15.5. The molecule has 0 aliphatic carbocycles. The number of amides is 1. The summed E-state index contributed by atoms with van der Waals surface area (Å²) in [6, 6.07) is 3.60. The highest BCUT2D eigenvalue weighted by molar-refractivity contribution is 5.78. The maximum atomic E-state index is 11.8. The fourth-order valence-electron chi connectivity index (χ4n) is 2.05. The van der Waals surface area contributed by atoms with E-state index >= 15 is 0 Å². The van der Waals surface area contributed by atoms with Gasteiger partial charge in [-0.15, -0.1) is 0 Å². The van der Waals surface area contributed by atoms with Gasteiger partial charge in [0.25, 0.3) is 5.91 Å². The highest BCUT2D eigenvalue weighted by Gasteiger charge is 2.19. The zero-order valence-electron chi connectivity index (χ0n) is 12.7. The number of carbonyl (C=O) groups excluding carboxylic acids is 1. The topological polar surface area (TPSA) is 82.8 Å². The van der Waals surface area contributed by atoms with E-state index in [1.165, 1.54) is 0 Å². The van der Waals surface area contributed by atoms with Gasteiger partial charge in [-0.05, 0) is 45.4 Å². The van der Waals surface area contributed by atoms with Crippen molar-refractivity contribution < 1.29 is 19.0 Å². The number of benzene rings is 1. The molecule has 3 N–H and O–H groups in total. The normalized spacial score (nSPS) is 13.1. The summed E-state index contributed by atoms with van der Waals surface area (Å²) in [4.78, 5) is 11.8. The average Bonchev–Trinajstić information content (AvgIpc) is 2.81. The molecule has 1 amide bonds. The lowest BCUT2D eigenvalue weighted by molar-refractivity contribution is -0.124. The summed E-state index contributed by atoms with van der Waals surface area (Å²) < 4.78 is 16.3. The van der Waals surface area contributed by atoms with Crippen molar-refractivity contribution in [1.29, 1.82) is 0 Å². The van der Waals surface area contributed by atoms with Crippen molar-refractivity contribution in [2.75, 3.05) is 19.9 Å². The van der Waals surface area contributed by atoms with E-state index < -0.39 is 0 Å². The van der Waals surface area contributed by atoms with E-state index in [0.717, 1.165) is 5.56 Å². The molecule has 0 unspecified atom stereocenters. The summed E-state index contributed by atoms with van der Waals surface area (Å²) in [6.45, 7) is 6.41. The van der Waals surface area contributed by atoms with E-state index in [0.29, 0.717) is 30.2 Å². The SMILES string of the molecule is CC(C)(C)NC(=O)COc1cc2c(cc1CCN)OCO2. The first-order chi connectivity index (χ1) is 9.89. The lowest BCUT2D eigenvalue weighted by Gasteiger charge is -2.21. The lowest BCUT2D eigenvalue weighted by Crippen LogP contribution is -2.43. The number of nitrogens with two attached hydrogens (primary N) is 1. The van der Waals surface area contributed by atoms with E-state index in [-0.39, 0.29) is 24.8 Å². The minimum absolute atomic E-state index is 0.0471. The molecule has 116 valence electrons. The number of ether oxygens (including phenoxy) is 3. The Bertz CT molecular complexity index is 523. The molecule has 0 atom stereocenters. The van der Waals surface area contributed by atoms with Gasteiger partial charge >= 0.3 is 0 Å². The van der Waals surface area contributed by atoms with Gasteiger partial charge in [-0.25, -0.2) is 0 Å². The standard InChI is InChI=1S/C15H22N2O4/c1-15(2,3)17-14(18)8-19-11-7-13-12(20-9-21-13)6-10(11)4-5-16/h6-7H,4-5,8-9,16H2,1-3H3,(H,17,18). The summed E-state index contributed by atoms with van der Waals surface area (Å²) in [5.41, 5.74) is 6.23. The number of carbonyl (C=O) groups is 1. The second kappa shape index (κ2) is 6.22. The summed E-state index contributed by atoms with van der Waals surface area (Å²) in [7, 11) is 0. The smallest absolute Gasteiger partial charge is 0.258 e. The minimum Gasteiger partial charge on any atom is -0.483 e. The molecule has 6 heteroatoms. The Labute approximate surface area is 124 Å². The molecule has 0 saturated carbocycles. The molecule has 1 aromatic carbocycles. The average molecular weight is 294 g/mol. The van der Waals surface area contributed by atoms with Gasteiger partial charge in [0.05, 0.1) is 0 Å². The van der Waals surface area contributed by atoms with Gasteiger partial charge in [-0.2, -0.15) is 0 Å². The molecule has 0 fully saturated rings. The second-order valence-electron chi connectivity index (χ2n) is 5.94. The van der Waals surface area contributed by atoms with Crippen molar-refractivity contribution in [3.05, 3.63) is 17.7 Å². The number of rotatable bonds is 5. The van der Waals surface area contributed by atoms with E-state index in [4.69, 9.17) is 19.9 Å². The fraction of sp³-hybridized carbons (Fsp3) is 0.533. The van der Waals surface area contributed by atoms with Crippen molar-refractivity contribution in [3.8, 4) is 17.2 Å². The predicted molar refractivity (Wildman–Crippen MR) is 78.7 cm³/mol. The molecule has 2 rings (SSSR count). The first-order valence-corrected chi connectivity index (χ1v) is 6.95. The third kappa shape index (κ3) is 4.26. The molecule has 0 spiro atoms. The van der Waals surface area contributed by atoms with Crippen LogP contribution in [-0.4, -0.2) is 31.4 Å². The highest BCUT2D eigenvalue weighted by Crippen LogP contribution is 2.38. The van der Waals surface area contributed by atoms with Gasteiger partial charge in [-0.3, -0.25) is 4.79 Å². The van der Waals surface area contributed by atoms with Crippen LogP contribution in [0.1, 0.15) is 26.3 Å². The minimum atomic E-state index is -0.282. The number of hydrogen-bond acceptors (Lipinski definition) is 5. The molecular formula is C15H22N2O4. The van der Waals surface area contributed by atoms with Crippen LogP contribution in [0.2, 0.25) is 0 Å². The van der Waals surface area contributed by atoms with Crippen LogP contribution in [0, 0.1) is 0 Å². The van der Waals surface area contributed by atoms with Crippen LogP contribution in [0.15, 0.2) is 12.1 Å². The Morgan fingerprint density at radius 2 is 2.00 bits per heavy atom. The van der Waals surface area contributed by atoms with Crippen LogP contribution >= 0.6 is 0 Å². The van der Waals surface area contributed by atoms with Crippen LogP contribution < -0.4 is 25.3 Å². The van der Waals surface area contributed by atoms with Gasteiger partial charge in [0.1, 0.15) is 5.75 Å². The number of nitrogens with one attached hydrogen (secondary N) is 1. The molecule has 21 heavy (non-hydrogen) atoms. The third-order valence-corrected chi connectivity index (χ3v) is 2.84. The van der Waals surface area contributed by atoms with Crippen LogP contribution in [0.3, 0.4) is 0 Å².